The molecule has 25 heavy (non-hydrogen) atoms. The summed E-state index contributed by atoms with van der Waals surface area (Å²) in [7, 11) is 2.11. The van der Waals surface area contributed by atoms with Crippen LogP contribution in [0.15, 0.2) is 30.3 Å². The van der Waals surface area contributed by atoms with E-state index in [0.29, 0.717) is 11.6 Å². The number of piperazine rings is 1. The predicted molar refractivity (Wildman–Crippen MR) is 100 cm³/mol. The number of nitrogens with one attached hydrogen (secondary N) is 1. The van der Waals surface area contributed by atoms with Crippen molar-refractivity contribution < 1.29 is 4.79 Å². The molecule has 0 radical (unpaired) electrons. The topological polar surface area (TPSA) is 61.4 Å². The Bertz CT molecular complexity index is 736. The molecule has 1 aliphatic rings. The fraction of sp³-hybridized carbons (Fsp3) is 0.421. The van der Waals surface area contributed by atoms with E-state index in [4.69, 9.17) is 0 Å². The Labute approximate surface area is 148 Å². The minimum Gasteiger partial charge on any atom is -0.338 e. The second-order valence-electron chi connectivity index (χ2n) is 6.49. The molecular formula is C19H25N5O. The Morgan fingerprint density at radius 3 is 2.44 bits per heavy atom. The number of aromatic nitrogens is 2. The molecule has 0 saturated carbocycles. The molecular weight excluding hydrogens is 314 g/mol. The van der Waals surface area contributed by atoms with Gasteiger partial charge in [-0.2, -0.15) is 0 Å². The highest BCUT2D eigenvalue weighted by molar-refractivity contribution is 6.03. The molecule has 1 saturated heterocycles. The first-order chi connectivity index (χ1) is 12.0. The molecule has 1 N–H and O–H groups in total. The average Bonchev–Trinajstić information content (AvgIpc) is 2.62. The van der Waals surface area contributed by atoms with Crippen LogP contribution in [0.2, 0.25) is 0 Å². The number of carbonyl (C=O) groups excluding carboxylic acids is 1. The highest BCUT2D eigenvalue weighted by Crippen LogP contribution is 2.15. The minimum atomic E-state index is -0.204. The molecule has 0 aliphatic carbocycles. The summed E-state index contributed by atoms with van der Waals surface area (Å²) in [5, 5.41) is 2.92. The fourth-order valence-corrected chi connectivity index (χ4v) is 2.84. The predicted octanol–water partition coefficient (Wildman–Crippen LogP) is 2.35. The van der Waals surface area contributed by atoms with Crippen LogP contribution in [0.25, 0.3) is 0 Å². The molecule has 1 amide bonds. The average molecular weight is 339 g/mol. The van der Waals surface area contributed by atoms with Crippen molar-refractivity contribution in [3.05, 3.63) is 47.3 Å². The van der Waals surface area contributed by atoms with E-state index in [2.05, 4.69) is 39.1 Å². The summed E-state index contributed by atoms with van der Waals surface area (Å²) in [6, 6.07) is 9.63. The Morgan fingerprint density at radius 1 is 1.12 bits per heavy atom. The van der Waals surface area contributed by atoms with Crippen LogP contribution in [0.3, 0.4) is 0 Å². The number of benzene rings is 1. The van der Waals surface area contributed by atoms with Crippen LogP contribution in [-0.2, 0) is 6.42 Å². The smallest absolute Gasteiger partial charge is 0.274 e. The third-order valence-electron chi connectivity index (χ3n) is 4.48. The number of hydrogen-bond acceptors (Lipinski definition) is 5. The van der Waals surface area contributed by atoms with Crippen molar-refractivity contribution in [2.75, 3.05) is 43.4 Å². The molecule has 0 unspecified atom stereocenters. The van der Waals surface area contributed by atoms with Gasteiger partial charge in [0.25, 0.3) is 5.91 Å². The summed E-state index contributed by atoms with van der Waals surface area (Å²) >= 11 is 0. The molecule has 2 heterocycles. The van der Waals surface area contributed by atoms with Crippen LogP contribution in [0.1, 0.15) is 28.7 Å². The van der Waals surface area contributed by atoms with Gasteiger partial charge in [-0.1, -0.05) is 19.1 Å². The quantitative estimate of drug-likeness (QED) is 0.926. The van der Waals surface area contributed by atoms with E-state index in [9.17, 15) is 4.79 Å². The van der Waals surface area contributed by atoms with E-state index < -0.39 is 0 Å². The van der Waals surface area contributed by atoms with Gasteiger partial charge in [-0.05, 0) is 44.2 Å². The lowest BCUT2D eigenvalue weighted by Gasteiger charge is -2.32. The van der Waals surface area contributed by atoms with Gasteiger partial charge in [0.2, 0.25) is 5.95 Å². The third-order valence-corrected chi connectivity index (χ3v) is 4.48. The monoisotopic (exact) mass is 339 g/mol. The number of nitrogens with zero attached hydrogens (tertiary/aromatic N) is 4. The zero-order chi connectivity index (χ0) is 17.8. The fourth-order valence-electron chi connectivity index (χ4n) is 2.84. The highest BCUT2D eigenvalue weighted by atomic mass is 16.1. The van der Waals surface area contributed by atoms with Gasteiger partial charge < -0.3 is 15.1 Å². The maximum Gasteiger partial charge on any atom is 0.274 e. The van der Waals surface area contributed by atoms with Gasteiger partial charge in [0.15, 0.2) is 0 Å². The SMILES string of the molecule is CCc1ccc(NC(=O)c2cc(C)nc(N3CCN(C)CC3)n2)cc1. The van der Waals surface area contributed by atoms with Crippen molar-refractivity contribution in [1.29, 1.82) is 0 Å². The molecule has 1 aliphatic heterocycles. The number of hydrogen-bond donors (Lipinski definition) is 1. The molecule has 0 bridgehead atoms. The first kappa shape index (κ1) is 17.4. The van der Waals surface area contributed by atoms with Crippen LogP contribution in [0, 0.1) is 6.92 Å². The van der Waals surface area contributed by atoms with Crippen molar-refractivity contribution in [2.45, 2.75) is 20.3 Å². The second kappa shape index (κ2) is 7.61. The van der Waals surface area contributed by atoms with Crippen LogP contribution >= 0.6 is 0 Å². The van der Waals surface area contributed by atoms with Gasteiger partial charge in [-0.25, -0.2) is 9.97 Å². The lowest BCUT2D eigenvalue weighted by Crippen LogP contribution is -2.45. The molecule has 6 heteroatoms. The minimum absolute atomic E-state index is 0.204. The molecule has 0 spiro atoms. The Morgan fingerprint density at radius 2 is 1.80 bits per heavy atom. The summed E-state index contributed by atoms with van der Waals surface area (Å²) in [5.74, 6) is 0.435. The van der Waals surface area contributed by atoms with Gasteiger partial charge in [0.1, 0.15) is 5.69 Å². The second-order valence-corrected chi connectivity index (χ2v) is 6.49. The van der Waals surface area contributed by atoms with Crippen molar-refractivity contribution >= 4 is 17.5 Å². The summed E-state index contributed by atoms with van der Waals surface area (Å²) in [5.41, 5.74) is 3.23. The normalized spacial score (nSPS) is 15.2. The van der Waals surface area contributed by atoms with E-state index in [0.717, 1.165) is 44.0 Å². The molecule has 0 atom stereocenters. The standard InChI is InChI=1S/C19H25N5O/c1-4-15-5-7-16(8-6-15)21-18(25)17-13-14(2)20-19(22-17)24-11-9-23(3)10-12-24/h5-8,13H,4,9-12H2,1-3H3,(H,21,25). The van der Waals surface area contributed by atoms with Crippen LogP contribution in [0.4, 0.5) is 11.6 Å². The van der Waals surface area contributed by atoms with Crippen LogP contribution in [0.5, 0.6) is 0 Å². The largest absolute Gasteiger partial charge is 0.338 e. The van der Waals surface area contributed by atoms with Gasteiger partial charge >= 0.3 is 0 Å². The summed E-state index contributed by atoms with van der Waals surface area (Å²) < 4.78 is 0. The molecule has 3 rings (SSSR count). The highest BCUT2D eigenvalue weighted by Gasteiger charge is 2.19. The molecule has 2 aromatic rings. The van der Waals surface area contributed by atoms with Crippen molar-refractivity contribution in [2.24, 2.45) is 0 Å². The molecule has 1 aromatic heterocycles. The van der Waals surface area contributed by atoms with Crippen molar-refractivity contribution in [3.63, 3.8) is 0 Å². The van der Waals surface area contributed by atoms with E-state index in [1.165, 1.54) is 5.56 Å². The van der Waals surface area contributed by atoms with Crippen LogP contribution < -0.4 is 10.2 Å². The number of rotatable bonds is 4. The Kier molecular flexibility index (Phi) is 5.28. The Hall–Kier alpha value is -2.47. The van der Waals surface area contributed by atoms with Gasteiger partial charge in [-0.15, -0.1) is 0 Å². The summed E-state index contributed by atoms with van der Waals surface area (Å²) in [6.45, 7) is 7.70. The van der Waals surface area contributed by atoms with Gasteiger partial charge in [0.05, 0.1) is 0 Å². The molecule has 6 nitrogen and oxygen atoms in total. The molecule has 132 valence electrons. The van der Waals surface area contributed by atoms with Crippen molar-refractivity contribution in [1.82, 2.24) is 14.9 Å². The maximum absolute atomic E-state index is 12.6. The number of aryl methyl sites for hydroxylation is 2. The zero-order valence-electron chi connectivity index (χ0n) is 15.1. The van der Waals surface area contributed by atoms with E-state index in [1.54, 1.807) is 6.07 Å². The van der Waals surface area contributed by atoms with Crippen molar-refractivity contribution in [3.8, 4) is 0 Å². The maximum atomic E-state index is 12.6. The zero-order valence-corrected chi connectivity index (χ0v) is 15.1. The number of likely N-dealkylation sites (N-methyl/N-ethyl adjacent to an activating group) is 1. The summed E-state index contributed by atoms with van der Waals surface area (Å²) in [6.07, 6.45) is 0.980. The Balaban J connectivity index is 1.75. The third kappa shape index (κ3) is 4.33. The molecule has 1 aromatic carbocycles. The summed E-state index contributed by atoms with van der Waals surface area (Å²) in [4.78, 5) is 26.0. The first-order valence-electron chi connectivity index (χ1n) is 8.74. The van der Waals surface area contributed by atoms with Gasteiger partial charge in [0, 0.05) is 37.6 Å². The molecule has 1 fully saturated rings. The first-order valence-corrected chi connectivity index (χ1v) is 8.74. The van der Waals surface area contributed by atoms with Gasteiger partial charge in [-0.3, -0.25) is 4.79 Å². The van der Waals surface area contributed by atoms with E-state index in [1.807, 2.05) is 31.2 Å². The number of amides is 1. The van der Waals surface area contributed by atoms with E-state index >= 15 is 0 Å². The van der Waals surface area contributed by atoms with Crippen LogP contribution in [-0.4, -0.2) is 54.0 Å². The number of anilines is 2. The lowest BCUT2D eigenvalue weighted by atomic mass is 10.1. The number of carbonyl (C=O) groups is 1. The lowest BCUT2D eigenvalue weighted by molar-refractivity contribution is 0.102. The van der Waals surface area contributed by atoms with E-state index in [-0.39, 0.29) is 5.91 Å².